The lowest BCUT2D eigenvalue weighted by Gasteiger charge is -2.10. The number of hydrogen-bond donors (Lipinski definition) is 0. The lowest BCUT2D eigenvalue weighted by molar-refractivity contribution is -0.384. The molecule has 0 atom stereocenters. The summed E-state index contributed by atoms with van der Waals surface area (Å²) in [6.07, 6.45) is 1.35. The van der Waals surface area contributed by atoms with Gasteiger partial charge in [0, 0.05) is 19.2 Å². The van der Waals surface area contributed by atoms with E-state index in [4.69, 9.17) is 9.47 Å². The van der Waals surface area contributed by atoms with Crippen molar-refractivity contribution in [1.82, 2.24) is 19.6 Å². The maximum Gasteiger partial charge on any atom is 0.273 e. The van der Waals surface area contributed by atoms with E-state index in [0.29, 0.717) is 23.1 Å². The largest absolute Gasteiger partial charge is 0.437 e. The number of rotatable bonds is 5. The molecule has 0 aliphatic carbocycles. The molecule has 2 heterocycles. The molecule has 0 fully saturated rings. The van der Waals surface area contributed by atoms with Crippen LogP contribution in [-0.2, 0) is 11.3 Å². The van der Waals surface area contributed by atoms with Crippen LogP contribution in [0, 0.1) is 13.7 Å². The molecule has 0 unspecified atom stereocenters. The maximum atomic E-state index is 10.9. The summed E-state index contributed by atoms with van der Waals surface area (Å²) < 4.78 is 13.0. The molecule has 2 aromatic heterocycles. The molecule has 0 aliphatic rings. The van der Waals surface area contributed by atoms with Crippen LogP contribution in [0.5, 0.6) is 11.6 Å². The van der Waals surface area contributed by atoms with E-state index in [2.05, 4.69) is 15.1 Å². The number of aromatic nitrogens is 4. The van der Waals surface area contributed by atoms with Gasteiger partial charge in [0.1, 0.15) is 12.1 Å². The van der Waals surface area contributed by atoms with Crippen molar-refractivity contribution < 1.29 is 14.4 Å². The summed E-state index contributed by atoms with van der Waals surface area (Å²) in [5.41, 5.74) is 0.560. The van der Waals surface area contributed by atoms with Gasteiger partial charge >= 0.3 is 0 Å². The van der Waals surface area contributed by atoms with Gasteiger partial charge in [-0.1, -0.05) is 0 Å². The number of non-ortho nitro benzene ring substituents is 1. The van der Waals surface area contributed by atoms with Crippen molar-refractivity contribution in [3.63, 3.8) is 0 Å². The van der Waals surface area contributed by atoms with Crippen molar-refractivity contribution in [3.8, 4) is 11.6 Å². The Labute approximate surface area is 143 Å². The number of halogens is 1. The number of ether oxygens (including phenoxy) is 2. The number of hydrogen-bond acceptors (Lipinski definition) is 7. The Morgan fingerprint density at radius 2 is 2.22 bits per heavy atom. The van der Waals surface area contributed by atoms with Crippen LogP contribution in [0.3, 0.4) is 0 Å². The zero-order valence-electron chi connectivity index (χ0n) is 11.8. The first-order chi connectivity index (χ1) is 11.1. The SMILES string of the molecule is COCc1cc(Oc2cc([N+](=O)[O-])ccc2I)n2ncnc2n1. The normalized spacial score (nSPS) is 10.9. The van der Waals surface area contributed by atoms with E-state index in [-0.39, 0.29) is 12.3 Å². The molecule has 3 aromatic rings. The molecule has 0 radical (unpaired) electrons. The first-order valence-electron chi connectivity index (χ1n) is 6.39. The predicted molar refractivity (Wildman–Crippen MR) is 87.4 cm³/mol. The van der Waals surface area contributed by atoms with Gasteiger partial charge in [-0.25, -0.2) is 4.98 Å². The summed E-state index contributed by atoms with van der Waals surface area (Å²) in [4.78, 5) is 18.7. The maximum absolute atomic E-state index is 10.9. The molecule has 0 bridgehead atoms. The van der Waals surface area contributed by atoms with Crippen LogP contribution in [0.15, 0.2) is 30.6 Å². The number of nitrogens with zero attached hydrogens (tertiary/aromatic N) is 5. The van der Waals surface area contributed by atoms with Crippen molar-refractivity contribution in [2.75, 3.05) is 7.11 Å². The molecule has 10 heteroatoms. The molecule has 0 saturated carbocycles. The Kier molecular flexibility index (Phi) is 4.34. The van der Waals surface area contributed by atoms with Gasteiger partial charge in [-0.3, -0.25) is 10.1 Å². The van der Waals surface area contributed by atoms with Crippen LogP contribution in [0.25, 0.3) is 5.78 Å². The molecular weight excluding hydrogens is 417 g/mol. The average Bonchev–Trinajstić information content (AvgIpc) is 2.98. The molecule has 0 spiro atoms. The van der Waals surface area contributed by atoms with Gasteiger partial charge < -0.3 is 9.47 Å². The molecule has 0 amide bonds. The van der Waals surface area contributed by atoms with E-state index >= 15 is 0 Å². The van der Waals surface area contributed by atoms with Crippen LogP contribution in [-0.4, -0.2) is 31.6 Å². The molecular formula is C13H10IN5O4. The number of methoxy groups -OCH3 is 1. The first-order valence-corrected chi connectivity index (χ1v) is 7.47. The van der Waals surface area contributed by atoms with Gasteiger partial charge in [-0.05, 0) is 28.7 Å². The van der Waals surface area contributed by atoms with E-state index in [1.807, 2.05) is 22.6 Å². The van der Waals surface area contributed by atoms with Crippen molar-refractivity contribution in [3.05, 3.63) is 50.0 Å². The molecule has 1 aromatic carbocycles. The zero-order valence-corrected chi connectivity index (χ0v) is 14.0. The highest BCUT2D eigenvalue weighted by atomic mass is 127. The minimum absolute atomic E-state index is 0.0542. The van der Waals surface area contributed by atoms with E-state index in [0.717, 1.165) is 3.57 Å². The molecule has 0 aliphatic heterocycles. The van der Waals surface area contributed by atoms with Crippen molar-refractivity contribution in [1.29, 1.82) is 0 Å². The van der Waals surface area contributed by atoms with Crippen molar-refractivity contribution in [2.45, 2.75) is 6.61 Å². The van der Waals surface area contributed by atoms with Gasteiger partial charge in [-0.2, -0.15) is 14.6 Å². The second kappa shape index (κ2) is 6.42. The minimum Gasteiger partial charge on any atom is -0.437 e. The van der Waals surface area contributed by atoms with Gasteiger partial charge in [0.05, 0.1) is 26.9 Å². The number of benzene rings is 1. The van der Waals surface area contributed by atoms with Gasteiger partial charge in [0.25, 0.3) is 11.5 Å². The van der Waals surface area contributed by atoms with Crippen LogP contribution >= 0.6 is 22.6 Å². The summed E-state index contributed by atoms with van der Waals surface area (Å²) in [6, 6.07) is 6.05. The Morgan fingerprint density at radius 1 is 1.39 bits per heavy atom. The van der Waals surface area contributed by atoms with E-state index in [9.17, 15) is 10.1 Å². The highest BCUT2D eigenvalue weighted by Gasteiger charge is 2.14. The third-order valence-electron chi connectivity index (χ3n) is 2.90. The minimum atomic E-state index is -0.475. The summed E-state index contributed by atoms with van der Waals surface area (Å²) in [6.45, 7) is 0.283. The highest BCUT2D eigenvalue weighted by Crippen LogP contribution is 2.30. The van der Waals surface area contributed by atoms with Crippen LogP contribution in [0.2, 0.25) is 0 Å². The Bertz CT molecular complexity index is 882. The Hall–Kier alpha value is -2.34. The third-order valence-corrected chi connectivity index (χ3v) is 3.80. The van der Waals surface area contributed by atoms with Crippen molar-refractivity contribution in [2.24, 2.45) is 0 Å². The second-order valence-corrected chi connectivity index (χ2v) is 5.63. The zero-order chi connectivity index (χ0) is 16.4. The molecule has 0 N–H and O–H groups in total. The fourth-order valence-electron chi connectivity index (χ4n) is 1.92. The second-order valence-electron chi connectivity index (χ2n) is 4.46. The third kappa shape index (κ3) is 3.22. The number of nitro groups is 1. The van der Waals surface area contributed by atoms with E-state index < -0.39 is 4.92 Å². The van der Waals surface area contributed by atoms with Crippen LogP contribution in [0.1, 0.15) is 5.69 Å². The summed E-state index contributed by atoms with van der Waals surface area (Å²) in [5.74, 6) is 1.05. The van der Waals surface area contributed by atoms with Crippen LogP contribution in [0.4, 0.5) is 5.69 Å². The summed E-state index contributed by atoms with van der Waals surface area (Å²) in [5, 5.41) is 15.0. The van der Waals surface area contributed by atoms with E-state index in [1.165, 1.54) is 23.0 Å². The van der Waals surface area contributed by atoms with Crippen LogP contribution < -0.4 is 4.74 Å². The summed E-state index contributed by atoms with van der Waals surface area (Å²) in [7, 11) is 1.56. The number of fused-ring (bicyclic) bond motifs is 1. The Morgan fingerprint density at radius 3 is 2.96 bits per heavy atom. The molecule has 23 heavy (non-hydrogen) atoms. The van der Waals surface area contributed by atoms with Gasteiger partial charge in [0.15, 0.2) is 0 Å². The lowest BCUT2D eigenvalue weighted by Crippen LogP contribution is -2.03. The highest BCUT2D eigenvalue weighted by molar-refractivity contribution is 14.1. The monoisotopic (exact) mass is 427 g/mol. The fraction of sp³-hybridized carbons (Fsp3) is 0.154. The molecule has 118 valence electrons. The lowest BCUT2D eigenvalue weighted by atomic mass is 10.3. The van der Waals surface area contributed by atoms with Gasteiger partial charge in [-0.15, -0.1) is 0 Å². The standard InChI is InChI=1S/C13H10IN5O4/c1-22-6-8-4-12(18-13(17-8)15-7-16-18)23-11-5-9(19(20)21)2-3-10(11)14/h2-5,7H,6H2,1H3. The number of nitro benzene ring substituents is 1. The molecule has 9 nitrogen and oxygen atoms in total. The molecule has 0 saturated heterocycles. The van der Waals surface area contributed by atoms with Gasteiger partial charge in [0.2, 0.25) is 5.88 Å². The first kappa shape index (κ1) is 15.6. The Balaban J connectivity index is 2.05. The van der Waals surface area contributed by atoms with E-state index in [1.54, 1.807) is 19.2 Å². The van der Waals surface area contributed by atoms with Crippen molar-refractivity contribution >= 4 is 34.1 Å². The predicted octanol–water partition coefficient (Wildman–Crippen LogP) is 2.58. The molecule has 3 rings (SSSR count). The quantitative estimate of drug-likeness (QED) is 0.350. The fourth-order valence-corrected chi connectivity index (χ4v) is 2.37. The summed E-state index contributed by atoms with van der Waals surface area (Å²) >= 11 is 2.04. The topological polar surface area (TPSA) is 105 Å². The average molecular weight is 427 g/mol. The smallest absolute Gasteiger partial charge is 0.273 e.